The third-order valence-electron chi connectivity index (χ3n) is 3.53. The third kappa shape index (κ3) is 3.50. The highest BCUT2D eigenvalue weighted by atomic mass is 19.1. The Balaban J connectivity index is 1.91. The number of hydrogen-bond donors (Lipinski definition) is 2. The van der Waals surface area contributed by atoms with Gasteiger partial charge in [-0.25, -0.2) is 8.78 Å². The quantitative estimate of drug-likeness (QED) is 0.873. The van der Waals surface area contributed by atoms with Gasteiger partial charge in [0.2, 0.25) is 5.91 Å². The topological polar surface area (TPSA) is 41.1 Å². The Hall–Kier alpha value is -1.49. The summed E-state index contributed by atoms with van der Waals surface area (Å²) < 4.78 is 26.8. The van der Waals surface area contributed by atoms with Gasteiger partial charge in [0.05, 0.1) is 6.42 Å². The second-order valence-electron chi connectivity index (χ2n) is 5.24. The minimum atomic E-state index is -0.680. The van der Waals surface area contributed by atoms with Gasteiger partial charge in [-0.1, -0.05) is 6.07 Å². The molecule has 1 saturated heterocycles. The van der Waals surface area contributed by atoms with E-state index < -0.39 is 11.6 Å². The van der Waals surface area contributed by atoms with Gasteiger partial charge in [0.25, 0.3) is 0 Å². The highest BCUT2D eigenvalue weighted by Gasteiger charge is 2.28. The minimum Gasteiger partial charge on any atom is -0.354 e. The third-order valence-corrected chi connectivity index (χ3v) is 3.53. The van der Waals surface area contributed by atoms with Crippen molar-refractivity contribution in [2.75, 3.05) is 13.1 Å². The van der Waals surface area contributed by atoms with Crippen LogP contribution in [0.1, 0.15) is 25.3 Å². The van der Waals surface area contributed by atoms with Gasteiger partial charge < -0.3 is 10.6 Å². The Morgan fingerprint density at radius 3 is 2.68 bits per heavy atom. The largest absolute Gasteiger partial charge is 0.354 e. The van der Waals surface area contributed by atoms with E-state index in [0.717, 1.165) is 31.5 Å². The molecule has 1 heterocycles. The SMILES string of the molecule is CC1(CNC(=O)Cc2c(F)cccc2F)CCCN1. The van der Waals surface area contributed by atoms with E-state index in [4.69, 9.17) is 0 Å². The first-order valence-corrected chi connectivity index (χ1v) is 6.45. The van der Waals surface area contributed by atoms with E-state index in [1.807, 2.05) is 6.92 Å². The van der Waals surface area contributed by atoms with Crippen LogP contribution in [0.2, 0.25) is 0 Å². The number of benzene rings is 1. The number of rotatable bonds is 4. The van der Waals surface area contributed by atoms with Crippen LogP contribution in [0, 0.1) is 11.6 Å². The van der Waals surface area contributed by atoms with Crippen molar-refractivity contribution in [1.82, 2.24) is 10.6 Å². The molecule has 3 nitrogen and oxygen atoms in total. The molecule has 2 rings (SSSR count). The summed E-state index contributed by atoms with van der Waals surface area (Å²) in [6.07, 6.45) is 1.80. The van der Waals surface area contributed by atoms with Crippen LogP contribution >= 0.6 is 0 Å². The smallest absolute Gasteiger partial charge is 0.224 e. The molecule has 0 saturated carbocycles. The zero-order valence-corrected chi connectivity index (χ0v) is 10.9. The number of nitrogens with one attached hydrogen (secondary N) is 2. The minimum absolute atomic E-state index is 0.108. The Morgan fingerprint density at radius 2 is 2.11 bits per heavy atom. The van der Waals surface area contributed by atoms with Crippen LogP contribution < -0.4 is 10.6 Å². The number of halogens is 2. The molecule has 19 heavy (non-hydrogen) atoms. The summed E-state index contributed by atoms with van der Waals surface area (Å²) in [5, 5.41) is 6.05. The van der Waals surface area contributed by atoms with E-state index >= 15 is 0 Å². The molecule has 0 radical (unpaired) electrons. The fourth-order valence-electron chi connectivity index (χ4n) is 2.33. The van der Waals surface area contributed by atoms with Crippen LogP contribution in [0.25, 0.3) is 0 Å². The van der Waals surface area contributed by atoms with Gasteiger partial charge in [0, 0.05) is 17.6 Å². The molecule has 104 valence electrons. The number of amides is 1. The van der Waals surface area contributed by atoms with Gasteiger partial charge in [0.15, 0.2) is 0 Å². The maximum Gasteiger partial charge on any atom is 0.224 e. The molecule has 5 heteroatoms. The molecule has 1 unspecified atom stereocenters. The molecule has 1 fully saturated rings. The molecular formula is C14H18F2N2O. The van der Waals surface area contributed by atoms with Crippen LogP contribution in [0.3, 0.4) is 0 Å². The van der Waals surface area contributed by atoms with E-state index in [-0.39, 0.29) is 23.4 Å². The average molecular weight is 268 g/mol. The van der Waals surface area contributed by atoms with Crippen LogP contribution in [0.15, 0.2) is 18.2 Å². The van der Waals surface area contributed by atoms with Crippen LogP contribution in [-0.2, 0) is 11.2 Å². The first kappa shape index (κ1) is 13.9. The number of hydrogen-bond acceptors (Lipinski definition) is 2. The zero-order valence-electron chi connectivity index (χ0n) is 10.9. The Kier molecular flexibility index (Phi) is 4.14. The van der Waals surface area contributed by atoms with E-state index in [0.29, 0.717) is 6.54 Å². The molecule has 1 atom stereocenters. The second-order valence-corrected chi connectivity index (χ2v) is 5.24. The predicted molar refractivity (Wildman–Crippen MR) is 68.7 cm³/mol. The Bertz CT molecular complexity index is 450. The lowest BCUT2D eigenvalue weighted by atomic mass is 10.0. The van der Waals surface area contributed by atoms with Gasteiger partial charge in [-0.2, -0.15) is 0 Å². The lowest BCUT2D eigenvalue weighted by Gasteiger charge is -2.24. The predicted octanol–water partition coefficient (Wildman–Crippen LogP) is 1.77. The van der Waals surface area contributed by atoms with Crippen molar-refractivity contribution in [2.24, 2.45) is 0 Å². The maximum atomic E-state index is 13.4. The fourth-order valence-corrected chi connectivity index (χ4v) is 2.33. The van der Waals surface area contributed by atoms with Crippen molar-refractivity contribution in [2.45, 2.75) is 31.7 Å². The summed E-state index contributed by atoms with van der Waals surface area (Å²) in [6.45, 7) is 3.44. The van der Waals surface area contributed by atoms with Gasteiger partial charge >= 0.3 is 0 Å². The molecule has 2 N–H and O–H groups in total. The molecule has 0 bridgehead atoms. The lowest BCUT2D eigenvalue weighted by Crippen LogP contribution is -2.47. The van der Waals surface area contributed by atoms with Gasteiger partial charge in [-0.15, -0.1) is 0 Å². The van der Waals surface area contributed by atoms with Crippen molar-refractivity contribution in [1.29, 1.82) is 0 Å². The first-order valence-electron chi connectivity index (χ1n) is 6.45. The second kappa shape index (κ2) is 5.65. The van der Waals surface area contributed by atoms with Crippen molar-refractivity contribution >= 4 is 5.91 Å². The Morgan fingerprint density at radius 1 is 1.42 bits per heavy atom. The standard InChI is InChI=1S/C14H18F2N2O/c1-14(6-3-7-18-14)9-17-13(19)8-10-11(15)4-2-5-12(10)16/h2,4-5,18H,3,6-9H2,1H3,(H,17,19). The molecule has 0 aromatic heterocycles. The molecule has 0 spiro atoms. The summed E-state index contributed by atoms with van der Waals surface area (Å²) >= 11 is 0. The molecule has 1 aromatic carbocycles. The van der Waals surface area contributed by atoms with E-state index in [9.17, 15) is 13.6 Å². The maximum absolute atomic E-state index is 13.4. The van der Waals surface area contributed by atoms with Crippen molar-refractivity contribution in [3.63, 3.8) is 0 Å². The van der Waals surface area contributed by atoms with Crippen molar-refractivity contribution in [3.8, 4) is 0 Å². The molecule has 1 aliphatic rings. The van der Waals surface area contributed by atoms with Crippen LogP contribution in [0.4, 0.5) is 8.78 Å². The summed E-state index contributed by atoms with van der Waals surface area (Å²) in [5.74, 6) is -1.72. The lowest BCUT2D eigenvalue weighted by molar-refractivity contribution is -0.120. The molecule has 1 aromatic rings. The van der Waals surface area contributed by atoms with E-state index in [1.54, 1.807) is 0 Å². The Labute approximate surface area is 111 Å². The van der Waals surface area contributed by atoms with Crippen molar-refractivity contribution < 1.29 is 13.6 Å². The summed E-state index contributed by atoms with van der Waals surface area (Å²) in [7, 11) is 0. The molecular weight excluding hydrogens is 250 g/mol. The highest BCUT2D eigenvalue weighted by molar-refractivity contribution is 5.78. The summed E-state index contributed by atoms with van der Waals surface area (Å²) in [4.78, 5) is 11.7. The average Bonchev–Trinajstić information content (AvgIpc) is 2.79. The molecule has 1 amide bonds. The molecule has 0 aliphatic carbocycles. The number of carbonyl (C=O) groups is 1. The van der Waals surface area contributed by atoms with E-state index in [1.165, 1.54) is 6.07 Å². The van der Waals surface area contributed by atoms with Gasteiger partial charge in [0.1, 0.15) is 11.6 Å². The van der Waals surface area contributed by atoms with Gasteiger partial charge in [-0.05, 0) is 38.4 Å². The first-order chi connectivity index (χ1) is 9.00. The van der Waals surface area contributed by atoms with E-state index in [2.05, 4.69) is 10.6 Å². The van der Waals surface area contributed by atoms with Crippen molar-refractivity contribution in [3.05, 3.63) is 35.4 Å². The fraction of sp³-hybridized carbons (Fsp3) is 0.500. The molecule has 1 aliphatic heterocycles. The van der Waals surface area contributed by atoms with Crippen LogP contribution in [-0.4, -0.2) is 24.5 Å². The normalized spacial score (nSPS) is 22.5. The monoisotopic (exact) mass is 268 g/mol. The zero-order chi connectivity index (χ0) is 13.9. The van der Waals surface area contributed by atoms with Gasteiger partial charge in [-0.3, -0.25) is 4.79 Å². The summed E-state index contributed by atoms with van der Waals surface area (Å²) in [5.41, 5.74) is -0.284. The highest BCUT2D eigenvalue weighted by Crippen LogP contribution is 2.17. The van der Waals surface area contributed by atoms with Crippen LogP contribution in [0.5, 0.6) is 0 Å². The summed E-state index contributed by atoms with van der Waals surface area (Å²) in [6, 6.07) is 3.60. The number of carbonyl (C=O) groups excluding carboxylic acids is 1.